The number of ether oxygens (including phenoxy) is 2. The zero-order valence-corrected chi connectivity index (χ0v) is 12.2. The van der Waals surface area contributed by atoms with Gasteiger partial charge in [-0.25, -0.2) is 0 Å². The van der Waals surface area contributed by atoms with Crippen molar-refractivity contribution in [1.82, 2.24) is 5.32 Å². The smallest absolute Gasteiger partial charge is 0.317 e. The largest absolute Gasteiger partial charge is 0.480 e. The third-order valence-electron chi connectivity index (χ3n) is 2.33. The Morgan fingerprint density at radius 1 is 1.33 bits per heavy atom. The van der Waals surface area contributed by atoms with Crippen LogP contribution in [0.15, 0.2) is 0 Å². The predicted molar refractivity (Wildman–Crippen MR) is 70.8 cm³/mol. The van der Waals surface area contributed by atoms with Gasteiger partial charge in [0.15, 0.2) is 0 Å². The van der Waals surface area contributed by atoms with Gasteiger partial charge in [0.2, 0.25) is 0 Å². The number of hydrogen-bond donors (Lipinski definition) is 2. The van der Waals surface area contributed by atoms with Crippen molar-refractivity contribution < 1.29 is 19.4 Å². The molecule has 0 aliphatic carbocycles. The highest BCUT2D eigenvalue weighted by atomic mass is 16.5. The van der Waals surface area contributed by atoms with Gasteiger partial charge >= 0.3 is 5.97 Å². The van der Waals surface area contributed by atoms with Gasteiger partial charge in [0.05, 0.1) is 31.0 Å². The van der Waals surface area contributed by atoms with E-state index in [1.807, 2.05) is 34.6 Å². The maximum Gasteiger partial charge on any atom is 0.317 e. The van der Waals surface area contributed by atoms with Crippen LogP contribution in [0.4, 0.5) is 0 Å². The molecule has 0 fully saturated rings. The maximum absolute atomic E-state index is 10.3. The lowest BCUT2D eigenvalue weighted by Crippen LogP contribution is -2.34. The Morgan fingerprint density at radius 3 is 2.44 bits per heavy atom. The molecule has 1 unspecified atom stereocenters. The Kier molecular flexibility index (Phi) is 8.15. The summed E-state index contributed by atoms with van der Waals surface area (Å²) >= 11 is 0. The molecule has 0 aromatic carbocycles. The molecule has 0 spiro atoms. The van der Waals surface area contributed by atoms with E-state index in [0.717, 1.165) is 6.42 Å². The molecule has 5 nitrogen and oxygen atoms in total. The Labute approximate surface area is 110 Å². The maximum atomic E-state index is 10.3. The summed E-state index contributed by atoms with van der Waals surface area (Å²) in [5.74, 6) is -0.854. The van der Waals surface area contributed by atoms with E-state index in [9.17, 15) is 4.79 Å². The summed E-state index contributed by atoms with van der Waals surface area (Å²) in [7, 11) is 0. The first-order valence-corrected chi connectivity index (χ1v) is 6.45. The molecule has 18 heavy (non-hydrogen) atoms. The first kappa shape index (κ1) is 17.4. The van der Waals surface area contributed by atoms with Crippen LogP contribution in [-0.2, 0) is 14.3 Å². The predicted octanol–water partition coefficient (Wildman–Crippen LogP) is 1.66. The van der Waals surface area contributed by atoms with Gasteiger partial charge in [-0.2, -0.15) is 0 Å². The molecule has 0 rings (SSSR count). The summed E-state index contributed by atoms with van der Waals surface area (Å²) in [5.41, 5.74) is -0.265. The van der Waals surface area contributed by atoms with Gasteiger partial charge in [-0.15, -0.1) is 0 Å². The number of hydrogen-bond acceptors (Lipinski definition) is 4. The van der Waals surface area contributed by atoms with Gasteiger partial charge in [0.1, 0.15) is 0 Å². The van der Waals surface area contributed by atoms with Gasteiger partial charge < -0.3 is 19.9 Å². The number of carbonyl (C=O) groups is 1. The molecule has 0 aliphatic heterocycles. The van der Waals surface area contributed by atoms with Gasteiger partial charge in [0, 0.05) is 13.0 Å². The molecule has 1 atom stereocenters. The highest BCUT2D eigenvalue weighted by molar-refractivity contribution is 5.68. The van der Waals surface area contributed by atoms with Crippen LogP contribution in [0.5, 0.6) is 0 Å². The highest BCUT2D eigenvalue weighted by Gasteiger charge is 2.22. The summed E-state index contributed by atoms with van der Waals surface area (Å²) < 4.78 is 11.4. The van der Waals surface area contributed by atoms with E-state index in [4.69, 9.17) is 14.6 Å². The standard InChI is InChI=1S/C13H27NO4/c1-10(2)18-11(3)8-13(4,5)17-7-6-14-9-12(15)16/h10-11,14H,6-9H2,1-5H3,(H,15,16). The fourth-order valence-corrected chi connectivity index (χ4v) is 1.86. The molecule has 108 valence electrons. The third kappa shape index (κ3) is 10.5. The second-order valence-electron chi connectivity index (χ2n) is 5.38. The lowest BCUT2D eigenvalue weighted by atomic mass is 10.0. The van der Waals surface area contributed by atoms with Crippen LogP contribution in [0.25, 0.3) is 0 Å². The molecule has 0 radical (unpaired) electrons. The Bertz CT molecular complexity index is 241. The highest BCUT2D eigenvalue weighted by Crippen LogP contribution is 2.19. The molecule has 0 heterocycles. The average Bonchev–Trinajstić information content (AvgIpc) is 2.13. The van der Waals surface area contributed by atoms with Gasteiger partial charge in [0.25, 0.3) is 0 Å². The molecule has 0 aromatic rings. The fourth-order valence-electron chi connectivity index (χ4n) is 1.86. The molecular weight excluding hydrogens is 234 g/mol. The molecule has 0 aromatic heterocycles. The molecule has 2 N–H and O–H groups in total. The molecule has 0 saturated carbocycles. The topological polar surface area (TPSA) is 67.8 Å². The molecule has 0 amide bonds. The molecule has 0 bridgehead atoms. The first-order chi connectivity index (χ1) is 8.23. The minimum Gasteiger partial charge on any atom is -0.480 e. The lowest BCUT2D eigenvalue weighted by molar-refractivity contribution is -0.136. The number of carboxylic acid groups (broad SMARTS) is 1. The second-order valence-corrected chi connectivity index (χ2v) is 5.38. The molecule has 0 aliphatic rings. The van der Waals surface area contributed by atoms with Crippen molar-refractivity contribution in [3.63, 3.8) is 0 Å². The minimum absolute atomic E-state index is 0.0311. The van der Waals surface area contributed by atoms with Crippen molar-refractivity contribution in [2.24, 2.45) is 0 Å². The lowest BCUT2D eigenvalue weighted by Gasteiger charge is -2.29. The number of rotatable bonds is 10. The monoisotopic (exact) mass is 261 g/mol. The van der Waals surface area contributed by atoms with Gasteiger partial charge in [-0.05, 0) is 34.6 Å². The molecular formula is C13H27NO4. The van der Waals surface area contributed by atoms with Crippen molar-refractivity contribution in [1.29, 1.82) is 0 Å². The number of aliphatic carboxylic acids is 1. The number of nitrogens with one attached hydrogen (secondary N) is 1. The second kappa shape index (κ2) is 8.45. The van der Waals surface area contributed by atoms with E-state index in [1.165, 1.54) is 0 Å². The van der Waals surface area contributed by atoms with Crippen LogP contribution >= 0.6 is 0 Å². The average molecular weight is 261 g/mol. The number of carboxylic acids is 1. The van der Waals surface area contributed by atoms with Crippen molar-refractivity contribution in [2.75, 3.05) is 19.7 Å². The summed E-state index contributed by atoms with van der Waals surface area (Å²) in [6.45, 7) is 11.1. The first-order valence-electron chi connectivity index (χ1n) is 6.45. The van der Waals surface area contributed by atoms with E-state index in [2.05, 4.69) is 5.32 Å². The summed E-state index contributed by atoms with van der Waals surface area (Å²) in [6, 6.07) is 0. The van der Waals surface area contributed by atoms with Crippen LogP contribution in [0.2, 0.25) is 0 Å². The van der Waals surface area contributed by atoms with Crippen molar-refractivity contribution in [3.05, 3.63) is 0 Å². The zero-order valence-electron chi connectivity index (χ0n) is 12.2. The summed E-state index contributed by atoms with van der Waals surface area (Å²) in [6.07, 6.45) is 1.17. The molecule has 5 heteroatoms. The van der Waals surface area contributed by atoms with Crippen LogP contribution in [0, 0.1) is 0 Å². The van der Waals surface area contributed by atoms with Crippen LogP contribution in [0.1, 0.15) is 41.0 Å². The van der Waals surface area contributed by atoms with Crippen molar-refractivity contribution >= 4 is 5.97 Å². The van der Waals surface area contributed by atoms with Crippen LogP contribution < -0.4 is 5.32 Å². The minimum atomic E-state index is -0.854. The van der Waals surface area contributed by atoms with E-state index in [1.54, 1.807) is 0 Å². The SMILES string of the molecule is CC(C)OC(C)CC(C)(C)OCCNCC(=O)O. The quantitative estimate of drug-likeness (QED) is 0.585. The van der Waals surface area contributed by atoms with Crippen molar-refractivity contribution in [2.45, 2.75) is 58.8 Å². The van der Waals surface area contributed by atoms with E-state index in [-0.39, 0.29) is 24.4 Å². The Morgan fingerprint density at radius 2 is 1.94 bits per heavy atom. The van der Waals surface area contributed by atoms with Crippen molar-refractivity contribution in [3.8, 4) is 0 Å². The summed E-state index contributed by atoms with van der Waals surface area (Å²) in [4.78, 5) is 10.3. The third-order valence-corrected chi connectivity index (χ3v) is 2.33. The Hall–Kier alpha value is -0.650. The van der Waals surface area contributed by atoms with E-state index < -0.39 is 5.97 Å². The fraction of sp³-hybridized carbons (Fsp3) is 0.923. The van der Waals surface area contributed by atoms with Gasteiger partial charge in [-0.1, -0.05) is 0 Å². The Balaban J connectivity index is 3.75. The normalized spacial score (nSPS) is 13.9. The van der Waals surface area contributed by atoms with Gasteiger partial charge in [-0.3, -0.25) is 4.79 Å². The summed E-state index contributed by atoms with van der Waals surface area (Å²) in [5, 5.41) is 11.2. The van der Waals surface area contributed by atoms with Crippen LogP contribution in [-0.4, -0.2) is 48.6 Å². The molecule has 0 saturated heterocycles. The van der Waals surface area contributed by atoms with Crippen LogP contribution in [0.3, 0.4) is 0 Å². The van der Waals surface area contributed by atoms with E-state index in [0.29, 0.717) is 13.2 Å². The van der Waals surface area contributed by atoms with E-state index >= 15 is 0 Å². The zero-order chi connectivity index (χ0) is 14.2.